The van der Waals surface area contributed by atoms with Crippen LogP contribution in [0.1, 0.15) is 55.6 Å². The number of anilines is 1. The van der Waals surface area contributed by atoms with E-state index < -0.39 is 0 Å². The van der Waals surface area contributed by atoms with Crippen molar-refractivity contribution in [1.29, 1.82) is 0 Å². The quantitative estimate of drug-likeness (QED) is 0.920. The van der Waals surface area contributed by atoms with Crippen LogP contribution in [-0.4, -0.2) is 24.1 Å². The van der Waals surface area contributed by atoms with E-state index in [1.54, 1.807) is 0 Å². The third-order valence-corrected chi connectivity index (χ3v) is 6.29. The van der Waals surface area contributed by atoms with Crippen molar-refractivity contribution in [2.75, 3.05) is 18.0 Å². The van der Waals surface area contributed by atoms with E-state index in [0.717, 1.165) is 18.5 Å². The maximum atomic E-state index is 4.99. The zero-order valence-electron chi connectivity index (χ0n) is 11.7. The van der Waals surface area contributed by atoms with Gasteiger partial charge in [-0.3, -0.25) is 0 Å². The summed E-state index contributed by atoms with van der Waals surface area (Å²) in [6.45, 7) is 4.53. The van der Waals surface area contributed by atoms with Gasteiger partial charge in [-0.1, -0.05) is 18.3 Å². The zero-order valence-corrected chi connectivity index (χ0v) is 12.5. The first-order valence-electron chi connectivity index (χ1n) is 7.84. The molecule has 19 heavy (non-hydrogen) atoms. The third-order valence-electron chi connectivity index (χ3n) is 5.04. The van der Waals surface area contributed by atoms with Crippen LogP contribution in [0.5, 0.6) is 0 Å². The molecule has 1 aromatic rings. The highest BCUT2D eigenvalue weighted by Crippen LogP contribution is 2.44. The van der Waals surface area contributed by atoms with Gasteiger partial charge in [-0.15, -0.1) is 0 Å². The molecule has 0 aromatic carbocycles. The maximum absolute atomic E-state index is 4.99. The smallest absolute Gasteiger partial charge is 0.186 e. The Morgan fingerprint density at radius 2 is 2.32 bits per heavy atom. The summed E-state index contributed by atoms with van der Waals surface area (Å²) in [5, 5.41) is 4.95. The van der Waals surface area contributed by atoms with Crippen LogP contribution in [0.15, 0.2) is 0 Å². The predicted octanol–water partition coefficient (Wildman–Crippen LogP) is 3.12. The molecule has 1 aliphatic heterocycles. The molecule has 3 unspecified atom stereocenters. The van der Waals surface area contributed by atoms with E-state index >= 15 is 0 Å². The van der Waals surface area contributed by atoms with Gasteiger partial charge in [0.15, 0.2) is 5.13 Å². The van der Waals surface area contributed by atoms with Gasteiger partial charge >= 0.3 is 0 Å². The lowest BCUT2D eigenvalue weighted by molar-refractivity contribution is 0.476. The molecular formula is C15H23N3S. The number of fused-ring (bicyclic) bond motifs is 3. The minimum atomic E-state index is 0.569. The van der Waals surface area contributed by atoms with Gasteiger partial charge in [0.1, 0.15) is 0 Å². The zero-order chi connectivity index (χ0) is 12.8. The van der Waals surface area contributed by atoms with Crippen LogP contribution in [0.4, 0.5) is 5.13 Å². The fraction of sp³-hybridized carbons (Fsp3) is 0.800. The number of hydrogen-bond donors (Lipinski definition) is 1. The van der Waals surface area contributed by atoms with Crippen LogP contribution in [0.3, 0.4) is 0 Å². The van der Waals surface area contributed by atoms with Crippen molar-refractivity contribution in [2.45, 2.75) is 57.5 Å². The molecule has 2 fully saturated rings. The molecule has 2 bridgehead atoms. The summed E-state index contributed by atoms with van der Waals surface area (Å²) in [7, 11) is 0. The fourth-order valence-corrected chi connectivity index (χ4v) is 5.43. The fourth-order valence-electron chi connectivity index (χ4n) is 4.13. The van der Waals surface area contributed by atoms with Crippen molar-refractivity contribution >= 4 is 16.5 Å². The minimum absolute atomic E-state index is 0.569. The Morgan fingerprint density at radius 1 is 1.37 bits per heavy atom. The first-order chi connectivity index (χ1) is 9.35. The molecule has 104 valence electrons. The monoisotopic (exact) mass is 277 g/mol. The second-order valence-electron chi connectivity index (χ2n) is 6.30. The summed E-state index contributed by atoms with van der Waals surface area (Å²) in [6, 6.07) is 1.37. The molecule has 3 aliphatic rings. The van der Waals surface area contributed by atoms with Crippen LogP contribution in [0.2, 0.25) is 0 Å². The molecule has 4 rings (SSSR count). The van der Waals surface area contributed by atoms with Crippen molar-refractivity contribution in [1.82, 2.24) is 10.3 Å². The van der Waals surface area contributed by atoms with E-state index in [1.165, 1.54) is 60.8 Å². The first-order valence-corrected chi connectivity index (χ1v) is 8.66. The molecule has 1 N–H and O–H groups in total. The van der Waals surface area contributed by atoms with Gasteiger partial charge in [-0.2, -0.15) is 0 Å². The lowest BCUT2D eigenvalue weighted by Crippen LogP contribution is -2.31. The summed E-state index contributed by atoms with van der Waals surface area (Å²) in [4.78, 5) is 9.13. The lowest BCUT2D eigenvalue weighted by Gasteiger charge is -2.26. The van der Waals surface area contributed by atoms with Crippen LogP contribution < -0.4 is 10.2 Å². The highest BCUT2D eigenvalue weighted by molar-refractivity contribution is 7.15. The molecule has 2 aliphatic carbocycles. The van der Waals surface area contributed by atoms with E-state index in [-0.39, 0.29) is 0 Å². The maximum Gasteiger partial charge on any atom is 0.186 e. The highest BCUT2D eigenvalue weighted by atomic mass is 32.1. The van der Waals surface area contributed by atoms with Gasteiger partial charge in [0.2, 0.25) is 0 Å². The van der Waals surface area contributed by atoms with E-state index in [4.69, 9.17) is 4.98 Å². The van der Waals surface area contributed by atoms with Gasteiger partial charge in [0.05, 0.1) is 5.69 Å². The Bertz CT molecular complexity index is 470. The molecule has 1 saturated carbocycles. The van der Waals surface area contributed by atoms with Crippen molar-refractivity contribution in [3.63, 3.8) is 0 Å². The summed E-state index contributed by atoms with van der Waals surface area (Å²) < 4.78 is 0. The SMILES string of the molecule is CCNC1CCCc2nc(N3CC4CCC3C4)sc21. The Morgan fingerprint density at radius 3 is 3.05 bits per heavy atom. The highest BCUT2D eigenvalue weighted by Gasteiger charge is 2.39. The summed E-state index contributed by atoms with van der Waals surface area (Å²) in [5.74, 6) is 0.954. The third kappa shape index (κ3) is 2.00. The first kappa shape index (κ1) is 12.2. The molecule has 0 spiro atoms. The van der Waals surface area contributed by atoms with Crippen LogP contribution in [-0.2, 0) is 6.42 Å². The molecule has 2 heterocycles. The number of hydrogen-bond acceptors (Lipinski definition) is 4. The van der Waals surface area contributed by atoms with E-state index in [0.29, 0.717) is 6.04 Å². The lowest BCUT2D eigenvalue weighted by atomic mass is 9.98. The molecule has 0 radical (unpaired) electrons. The van der Waals surface area contributed by atoms with Gasteiger partial charge in [0.25, 0.3) is 0 Å². The van der Waals surface area contributed by atoms with Crippen LogP contribution in [0.25, 0.3) is 0 Å². The van der Waals surface area contributed by atoms with Gasteiger partial charge in [-0.25, -0.2) is 4.98 Å². The van der Waals surface area contributed by atoms with Crippen LogP contribution in [0, 0.1) is 5.92 Å². The Balaban J connectivity index is 1.61. The van der Waals surface area contributed by atoms with E-state index in [2.05, 4.69) is 17.1 Å². The number of piperidine rings is 1. The second kappa shape index (κ2) is 4.74. The van der Waals surface area contributed by atoms with Gasteiger partial charge < -0.3 is 10.2 Å². The number of rotatable bonds is 3. The number of aryl methyl sites for hydroxylation is 1. The summed E-state index contributed by atoms with van der Waals surface area (Å²) in [5.41, 5.74) is 1.39. The summed E-state index contributed by atoms with van der Waals surface area (Å²) in [6.07, 6.45) is 8.03. The molecule has 1 aromatic heterocycles. The Hall–Kier alpha value is -0.610. The molecule has 0 amide bonds. The van der Waals surface area contributed by atoms with E-state index in [9.17, 15) is 0 Å². The Kier molecular flexibility index (Phi) is 3.03. The number of nitrogens with one attached hydrogen (secondary N) is 1. The predicted molar refractivity (Wildman–Crippen MR) is 79.9 cm³/mol. The van der Waals surface area contributed by atoms with Gasteiger partial charge in [0, 0.05) is 23.5 Å². The number of thiazole rings is 1. The average molecular weight is 277 g/mol. The van der Waals surface area contributed by atoms with Crippen molar-refractivity contribution in [2.24, 2.45) is 5.92 Å². The molecule has 3 nitrogen and oxygen atoms in total. The molecule has 3 atom stereocenters. The van der Waals surface area contributed by atoms with E-state index in [1.807, 2.05) is 11.3 Å². The van der Waals surface area contributed by atoms with Crippen molar-refractivity contribution in [3.05, 3.63) is 10.6 Å². The number of nitrogens with zero attached hydrogens (tertiary/aromatic N) is 2. The van der Waals surface area contributed by atoms with Gasteiger partial charge in [-0.05, 0) is 51.0 Å². The van der Waals surface area contributed by atoms with Crippen molar-refractivity contribution in [3.8, 4) is 0 Å². The topological polar surface area (TPSA) is 28.2 Å². The molecular weight excluding hydrogens is 254 g/mol. The summed E-state index contributed by atoms with van der Waals surface area (Å²) >= 11 is 1.97. The standard InChI is InChI=1S/C15H23N3S/c1-2-16-12-4-3-5-13-14(12)19-15(17-13)18-9-10-6-7-11(18)8-10/h10-12,16H,2-9H2,1H3. The largest absolute Gasteiger partial charge is 0.345 e. The van der Waals surface area contributed by atoms with Crippen molar-refractivity contribution < 1.29 is 0 Å². The number of aromatic nitrogens is 1. The molecule has 4 heteroatoms. The second-order valence-corrected chi connectivity index (χ2v) is 7.30. The molecule has 1 saturated heterocycles. The average Bonchev–Trinajstić information content (AvgIpc) is 3.13. The normalized spacial score (nSPS) is 32.9. The minimum Gasteiger partial charge on any atom is -0.345 e. The Labute approximate surface area is 119 Å². The van der Waals surface area contributed by atoms with Crippen LogP contribution >= 0.6 is 11.3 Å².